The van der Waals surface area contributed by atoms with Gasteiger partial charge in [-0.15, -0.1) is 0 Å². The van der Waals surface area contributed by atoms with E-state index in [9.17, 15) is 0 Å². The summed E-state index contributed by atoms with van der Waals surface area (Å²) in [5.41, 5.74) is 0. The first kappa shape index (κ1) is 40.9. The van der Waals surface area contributed by atoms with Crippen LogP contribution >= 0.6 is 11.1 Å². The third kappa shape index (κ3) is 5.38. The number of halogens is 1. The summed E-state index contributed by atoms with van der Waals surface area (Å²) in [6.07, 6.45) is -3.14. The van der Waals surface area contributed by atoms with Crippen molar-refractivity contribution in [1.29, 1.82) is 0 Å². The molecule has 230 valence electrons. The minimum atomic E-state index is -1.94. The molecule has 38 heavy (non-hydrogen) atoms. The Labute approximate surface area is 258 Å². The van der Waals surface area contributed by atoms with Crippen molar-refractivity contribution in [3.8, 4) is 0 Å². The Morgan fingerprint density at radius 3 is 0.474 bits per heavy atom. The van der Waals surface area contributed by atoms with Crippen molar-refractivity contribution in [3.63, 3.8) is 0 Å². The molecule has 0 saturated heterocycles. The van der Waals surface area contributed by atoms with E-state index >= 15 is 0 Å². The molecule has 0 aromatic carbocycles. The van der Waals surface area contributed by atoms with Crippen LogP contribution in [0.3, 0.4) is 0 Å². The zero-order valence-corrected chi connectivity index (χ0v) is 44.1. The maximum absolute atomic E-state index is 8.33. The molecule has 0 aliphatic rings. The average molecular weight is 748 g/mol. The Bertz CT molecular complexity index is 714. The van der Waals surface area contributed by atoms with E-state index in [0.717, 1.165) is 0 Å². The van der Waals surface area contributed by atoms with Gasteiger partial charge < -0.3 is 0 Å². The first-order valence-corrected chi connectivity index (χ1v) is 64.0. The molecule has 0 amide bonds. The summed E-state index contributed by atoms with van der Waals surface area (Å²) in [6.45, 7) is 69.1. The van der Waals surface area contributed by atoms with Gasteiger partial charge in [-0.2, -0.15) is 11.1 Å². The van der Waals surface area contributed by atoms with Crippen molar-refractivity contribution in [2.45, 2.75) is 164 Å². The summed E-state index contributed by atoms with van der Waals surface area (Å²) in [5, 5.41) is 0. The van der Waals surface area contributed by atoms with Crippen LogP contribution < -0.4 is 0 Å². The monoisotopic (exact) mass is 746 g/mol. The van der Waals surface area contributed by atoms with Crippen LogP contribution in [0.4, 0.5) is 0 Å². The van der Waals surface area contributed by atoms with Crippen LogP contribution in [0.2, 0.25) is 164 Å². The van der Waals surface area contributed by atoms with Crippen LogP contribution in [0, 0.1) is 0 Å². The molecule has 0 bridgehead atoms. The number of hydrogen-bond donors (Lipinski definition) is 0. The van der Waals surface area contributed by atoms with Crippen molar-refractivity contribution in [1.82, 2.24) is 0 Å². The van der Waals surface area contributed by atoms with E-state index in [0.29, 0.717) is 0 Å². The van der Waals surface area contributed by atoms with Crippen LogP contribution in [-0.4, -0.2) is 85.6 Å². The molecule has 0 N–H and O–H groups in total. The molecule has 0 aromatic heterocycles. The molecule has 0 fully saturated rings. The van der Waals surface area contributed by atoms with Crippen LogP contribution in [0.5, 0.6) is 0 Å². The standard InChI is InChI=1S/C25H75ClSi12/c1-27(2,3)37(28(4,5)6,29(7,8)9)34(21,22)36(25,33(19,20)26)35(23,24)38(30(10,11)12,31(13,14)15)32(16,17)18/h1-25H3. The molecule has 0 unspecified atom stereocenters. The lowest BCUT2D eigenvalue weighted by molar-refractivity contribution is 1.73. The molecule has 0 heterocycles. The third-order valence-electron chi connectivity index (χ3n) is 12.3. The van der Waals surface area contributed by atoms with Gasteiger partial charge in [0.2, 0.25) is 0 Å². The SMILES string of the molecule is C[Si](C)(C)[Si]([Si](C)(C)C)([Si](C)(C)C)[Si](C)(C)[Si](C)([Si](C)(C)Cl)[Si](C)(C)[Si]([Si](C)(C)C)([Si](C)(C)C)[Si](C)(C)C. The van der Waals surface area contributed by atoms with Gasteiger partial charge in [-0.05, 0) is 0 Å². The molecular formula is C25H75ClSi12. The predicted molar refractivity (Wildman–Crippen MR) is 222 cm³/mol. The first-order valence-electron chi connectivity index (χ1n) is 15.4. The number of rotatable bonds is 11. The molecule has 0 rings (SSSR count). The average Bonchev–Trinajstić information content (AvgIpc) is 2.42. The van der Waals surface area contributed by atoms with Gasteiger partial charge in [0.05, 0.1) is 0 Å². The van der Waals surface area contributed by atoms with Crippen molar-refractivity contribution in [2.75, 3.05) is 0 Å². The van der Waals surface area contributed by atoms with Crippen LogP contribution in [-0.2, 0) is 0 Å². The van der Waals surface area contributed by atoms with Crippen LogP contribution in [0.1, 0.15) is 0 Å². The Kier molecular flexibility index (Phi) is 11.6. The maximum Gasteiger partial charge on any atom is 0.135 e. The summed E-state index contributed by atoms with van der Waals surface area (Å²) < 4.78 is 0. The summed E-state index contributed by atoms with van der Waals surface area (Å²) in [5.74, 6) is 0. The highest BCUT2D eigenvalue weighted by Gasteiger charge is 2.82. The molecule has 0 spiro atoms. The molecule has 0 radical (unpaired) electrons. The molecule has 0 aromatic rings. The van der Waals surface area contributed by atoms with E-state index in [2.05, 4.69) is 164 Å². The largest absolute Gasteiger partial charge is 0.172 e. The first-order chi connectivity index (χ1) is 15.8. The van der Waals surface area contributed by atoms with E-state index in [4.69, 9.17) is 11.1 Å². The summed E-state index contributed by atoms with van der Waals surface area (Å²) in [7, 11) is -11.9. The van der Waals surface area contributed by atoms with Crippen molar-refractivity contribution in [3.05, 3.63) is 0 Å². The second-order valence-corrected chi connectivity index (χ2v) is 165. The van der Waals surface area contributed by atoms with Gasteiger partial charge in [0.25, 0.3) is 0 Å². The van der Waals surface area contributed by atoms with Crippen LogP contribution in [0.15, 0.2) is 0 Å². The summed E-state index contributed by atoms with van der Waals surface area (Å²) in [4.78, 5) is 0. The zero-order chi connectivity index (χ0) is 32.0. The summed E-state index contributed by atoms with van der Waals surface area (Å²) in [6, 6.07) is 0. The van der Waals surface area contributed by atoms with Gasteiger partial charge in [0, 0.05) is 78.7 Å². The summed E-state index contributed by atoms with van der Waals surface area (Å²) >= 11 is 8.33. The third-order valence-corrected chi connectivity index (χ3v) is 344. The van der Waals surface area contributed by atoms with E-state index in [1.807, 2.05) is 0 Å². The molecular weight excluding hydrogens is 673 g/mol. The smallest absolute Gasteiger partial charge is 0.135 e. The Hall–Kier alpha value is 2.89. The van der Waals surface area contributed by atoms with Gasteiger partial charge in [-0.3, -0.25) is 0 Å². The lowest BCUT2D eigenvalue weighted by Gasteiger charge is -2.76. The van der Waals surface area contributed by atoms with Crippen molar-refractivity contribution in [2.24, 2.45) is 0 Å². The van der Waals surface area contributed by atoms with E-state index in [-0.39, 0.29) is 0 Å². The molecule has 0 aliphatic carbocycles. The molecule has 13 heteroatoms. The quantitative estimate of drug-likeness (QED) is 0.146. The van der Waals surface area contributed by atoms with Gasteiger partial charge >= 0.3 is 0 Å². The Morgan fingerprint density at radius 1 is 0.263 bits per heavy atom. The number of hydrogen-bond acceptors (Lipinski definition) is 0. The van der Waals surface area contributed by atoms with Crippen molar-refractivity contribution < 1.29 is 0 Å². The van der Waals surface area contributed by atoms with E-state index in [1.54, 1.807) is 0 Å². The Morgan fingerprint density at radius 2 is 0.395 bits per heavy atom. The highest BCUT2D eigenvalue weighted by atomic mass is 35.6. The highest BCUT2D eigenvalue weighted by Crippen LogP contribution is 2.56. The second-order valence-electron chi connectivity index (χ2n) is 20.8. The normalized spacial score (nSPS) is 17.2. The maximum atomic E-state index is 8.33. The van der Waals surface area contributed by atoms with Gasteiger partial charge in [0.15, 0.2) is 0 Å². The fourth-order valence-corrected chi connectivity index (χ4v) is 632. The van der Waals surface area contributed by atoms with Crippen LogP contribution in [0.25, 0.3) is 0 Å². The minimum absolute atomic E-state index is 1.41. The van der Waals surface area contributed by atoms with E-state index < -0.39 is 85.6 Å². The van der Waals surface area contributed by atoms with Gasteiger partial charge in [-0.25, -0.2) is 0 Å². The lowest BCUT2D eigenvalue weighted by atomic mass is 11.8. The molecule has 0 saturated carbocycles. The van der Waals surface area contributed by atoms with Gasteiger partial charge in [-0.1, -0.05) is 164 Å². The molecule has 0 aliphatic heterocycles. The highest BCUT2D eigenvalue weighted by molar-refractivity contribution is 8.28. The van der Waals surface area contributed by atoms with Crippen molar-refractivity contribution >= 4 is 96.7 Å². The second kappa shape index (κ2) is 10.8. The Balaban J connectivity index is 8.92. The van der Waals surface area contributed by atoms with Gasteiger partial charge in [0.1, 0.15) is 6.90 Å². The predicted octanol–water partition coefficient (Wildman–Crippen LogP) is 10.7. The lowest BCUT2D eigenvalue weighted by Crippen LogP contribution is -3.07. The molecule has 0 nitrogen and oxygen atoms in total. The minimum Gasteiger partial charge on any atom is -0.172 e. The zero-order valence-electron chi connectivity index (χ0n) is 31.4. The topological polar surface area (TPSA) is 0 Å². The fourth-order valence-electron chi connectivity index (χ4n) is 15.4. The molecule has 0 atom stereocenters. The fraction of sp³-hybridized carbons (Fsp3) is 1.00. The van der Waals surface area contributed by atoms with E-state index in [1.165, 1.54) is 0 Å².